The van der Waals surface area contributed by atoms with E-state index in [-0.39, 0.29) is 17.8 Å². The number of aliphatic hydroxyl groups is 3. The Balaban J connectivity index is 2.41. The second-order valence-corrected chi connectivity index (χ2v) is 8.20. The number of amides is 1. The van der Waals surface area contributed by atoms with Crippen molar-refractivity contribution in [2.24, 2.45) is 17.8 Å². The standard InChI is InChI=1S/C23H41NO5/c1-4-5-11-17(2)20(25)14-13-19-18(21(26)16-22(19)27)12-9-7-6-8-10-15-29-23(28)24-3/h7,9,13-14,17-22,25-27H,4-6,8,10-12,15-16H2,1-3H3,(H,24,28)/t17?,18-,19-,20-,21+,22-/m1/s1. The molecule has 0 heterocycles. The summed E-state index contributed by atoms with van der Waals surface area (Å²) in [6, 6.07) is 0. The van der Waals surface area contributed by atoms with E-state index in [0.717, 1.165) is 38.5 Å². The number of nitrogens with one attached hydrogen (secondary N) is 1. The quantitative estimate of drug-likeness (QED) is 0.274. The van der Waals surface area contributed by atoms with Gasteiger partial charge in [0.2, 0.25) is 0 Å². The molecule has 1 saturated carbocycles. The highest BCUT2D eigenvalue weighted by Crippen LogP contribution is 2.36. The fourth-order valence-corrected chi connectivity index (χ4v) is 3.81. The van der Waals surface area contributed by atoms with Crippen LogP contribution in [0, 0.1) is 17.8 Å². The van der Waals surface area contributed by atoms with Crippen LogP contribution in [0.2, 0.25) is 0 Å². The van der Waals surface area contributed by atoms with E-state index in [1.807, 2.05) is 13.0 Å². The van der Waals surface area contributed by atoms with Crippen LogP contribution in [-0.2, 0) is 4.74 Å². The highest BCUT2D eigenvalue weighted by atomic mass is 16.5. The van der Waals surface area contributed by atoms with Crippen LogP contribution < -0.4 is 5.32 Å². The molecule has 29 heavy (non-hydrogen) atoms. The van der Waals surface area contributed by atoms with Gasteiger partial charge in [-0.05, 0) is 43.9 Å². The van der Waals surface area contributed by atoms with Gasteiger partial charge in [0, 0.05) is 19.4 Å². The number of rotatable bonds is 13. The van der Waals surface area contributed by atoms with Gasteiger partial charge in [-0.25, -0.2) is 4.79 Å². The topological polar surface area (TPSA) is 99.0 Å². The van der Waals surface area contributed by atoms with Gasteiger partial charge in [0.25, 0.3) is 0 Å². The number of carbonyl (C=O) groups excluding carboxylic acids is 1. The van der Waals surface area contributed by atoms with Crippen molar-refractivity contribution in [3.63, 3.8) is 0 Å². The number of hydrogen-bond acceptors (Lipinski definition) is 5. The van der Waals surface area contributed by atoms with Crippen LogP contribution in [0.5, 0.6) is 0 Å². The third-order valence-corrected chi connectivity index (χ3v) is 5.82. The van der Waals surface area contributed by atoms with Crippen LogP contribution in [0.25, 0.3) is 0 Å². The Labute approximate surface area is 176 Å². The van der Waals surface area contributed by atoms with E-state index in [2.05, 4.69) is 24.4 Å². The van der Waals surface area contributed by atoms with Gasteiger partial charge >= 0.3 is 6.09 Å². The van der Waals surface area contributed by atoms with Gasteiger partial charge in [-0.3, -0.25) is 0 Å². The van der Waals surface area contributed by atoms with Gasteiger partial charge in [-0.15, -0.1) is 0 Å². The molecule has 1 fully saturated rings. The number of hydrogen-bond donors (Lipinski definition) is 4. The minimum absolute atomic E-state index is 0.0350. The Morgan fingerprint density at radius 3 is 2.66 bits per heavy atom. The van der Waals surface area contributed by atoms with E-state index in [4.69, 9.17) is 4.74 Å². The fraction of sp³-hybridized carbons (Fsp3) is 0.783. The zero-order valence-corrected chi connectivity index (χ0v) is 18.3. The minimum atomic E-state index is -0.570. The number of carbonyl (C=O) groups is 1. The monoisotopic (exact) mass is 411 g/mol. The predicted octanol–water partition coefficient (Wildman–Crippen LogP) is 3.56. The van der Waals surface area contributed by atoms with Crippen molar-refractivity contribution in [3.05, 3.63) is 24.3 Å². The molecule has 0 bridgehead atoms. The molecule has 0 aromatic heterocycles. The van der Waals surface area contributed by atoms with E-state index in [0.29, 0.717) is 19.4 Å². The molecule has 0 aliphatic heterocycles. The summed E-state index contributed by atoms with van der Waals surface area (Å²) in [4.78, 5) is 10.9. The summed E-state index contributed by atoms with van der Waals surface area (Å²) in [6.45, 7) is 4.60. The Bertz CT molecular complexity index is 507. The summed E-state index contributed by atoms with van der Waals surface area (Å²) in [7, 11) is 1.54. The maximum absolute atomic E-state index is 10.9. The van der Waals surface area contributed by atoms with Gasteiger partial charge in [-0.2, -0.15) is 0 Å². The van der Waals surface area contributed by atoms with Crippen molar-refractivity contribution in [1.82, 2.24) is 5.32 Å². The van der Waals surface area contributed by atoms with E-state index in [1.54, 1.807) is 6.08 Å². The van der Waals surface area contributed by atoms with E-state index in [9.17, 15) is 20.1 Å². The molecule has 6 atom stereocenters. The molecule has 168 valence electrons. The largest absolute Gasteiger partial charge is 0.450 e. The van der Waals surface area contributed by atoms with Crippen molar-refractivity contribution >= 4 is 6.09 Å². The molecule has 0 radical (unpaired) electrons. The average Bonchev–Trinajstić information content (AvgIpc) is 2.98. The lowest BCUT2D eigenvalue weighted by atomic mass is 9.88. The lowest BCUT2D eigenvalue weighted by Crippen LogP contribution is -2.21. The van der Waals surface area contributed by atoms with Crippen LogP contribution in [0.1, 0.15) is 65.2 Å². The van der Waals surface area contributed by atoms with Gasteiger partial charge in [0.1, 0.15) is 0 Å². The first-order valence-corrected chi connectivity index (χ1v) is 11.1. The third-order valence-electron chi connectivity index (χ3n) is 5.82. The van der Waals surface area contributed by atoms with Crippen LogP contribution >= 0.6 is 0 Å². The van der Waals surface area contributed by atoms with Crippen LogP contribution in [-0.4, -0.2) is 53.4 Å². The van der Waals surface area contributed by atoms with Crippen molar-refractivity contribution in [2.75, 3.05) is 13.7 Å². The molecule has 4 N–H and O–H groups in total. The normalized spacial score (nSPS) is 26.8. The smallest absolute Gasteiger partial charge is 0.406 e. The zero-order chi connectivity index (χ0) is 21.6. The van der Waals surface area contributed by atoms with Gasteiger partial charge in [-0.1, -0.05) is 51.0 Å². The molecule has 0 aromatic rings. The lowest BCUT2D eigenvalue weighted by molar-refractivity contribution is 0.120. The molecule has 0 aromatic carbocycles. The maximum Gasteiger partial charge on any atom is 0.406 e. The van der Waals surface area contributed by atoms with E-state index >= 15 is 0 Å². The summed E-state index contributed by atoms with van der Waals surface area (Å²) in [6.07, 6.45) is 12.7. The molecule has 1 rings (SSSR count). The molecule has 6 nitrogen and oxygen atoms in total. The minimum Gasteiger partial charge on any atom is -0.450 e. The number of ether oxygens (including phenoxy) is 1. The fourth-order valence-electron chi connectivity index (χ4n) is 3.81. The van der Waals surface area contributed by atoms with E-state index < -0.39 is 24.4 Å². The lowest BCUT2D eigenvalue weighted by Gasteiger charge is -2.21. The highest BCUT2D eigenvalue weighted by Gasteiger charge is 2.39. The SMILES string of the molecule is CCCCC(C)[C@H](O)C=C[C@@H]1[C@@H](CC=CCCCCOC(=O)NC)[C@@H](O)C[C@H]1O. The predicted molar refractivity (Wildman–Crippen MR) is 115 cm³/mol. The van der Waals surface area contributed by atoms with Crippen molar-refractivity contribution < 1.29 is 24.9 Å². The molecule has 0 spiro atoms. The Kier molecular flexibility index (Phi) is 12.9. The summed E-state index contributed by atoms with van der Waals surface area (Å²) >= 11 is 0. The Hall–Kier alpha value is -1.37. The third kappa shape index (κ3) is 9.79. The number of alkyl carbamates (subject to hydrolysis) is 1. The molecule has 0 saturated heterocycles. The van der Waals surface area contributed by atoms with Gasteiger partial charge in [0.15, 0.2) is 0 Å². The van der Waals surface area contributed by atoms with Crippen LogP contribution in [0.4, 0.5) is 4.79 Å². The number of unbranched alkanes of at least 4 members (excludes halogenated alkanes) is 3. The van der Waals surface area contributed by atoms with Gasteiger partial charge in [0.05, 0.1) is 24.9 Å². The van der Waals surface area contributed by atoms with Crippen LogP contribution in [0.15, 0.2) is 24.3 Å². The maximum atomic E-state index is 10.9. The Morgan fingerprint density at radius 1 is 1.21 bits per heavy atom. The number of aliphatic hydroxyl groups excluding tert-OH is 3. The summed E-state index contributed by atoms with van der Waals surface area (Å²) in [5.74, 6) is 0.0243. The first-order chi connectivity index (χ1) is 13.9. The average molecular weight is 412 g/mol. The second-order valence-electron chi connectivity index (χ2n) is 8.20. The molecule has 1 aliphatic carbocycles. The van der Waals surface area contributed by atoms with Crippen molar-refractivity contribution in [3.8, 4) is 0 Å². The molecular weight excluding hydrogens is 370 g/mol. The molecule has 1 amide bonds. The summed E-state index contributed by atoms with van der Waals surface area (Å²) < 4.78 is 4.94. The molecule has 6 heteroatoms. The van der Waals surface area contributed by atoms with Gasteiger partial charge < -0.3 is 25.4 Å². The summed E-state index contributed by atoms with van der Waals surface area (Å²) in [5.41, 5.74) is 0. The Morgan fingerprint density at radius 2 is 1.97 bits per heavy atom. The van der Waals surface area contributed by atoms with Crippen LogP contribution in [0.3, 0.4) is 0 Å². The first kappa shape index (κ1) is 25.7. The zero-order valence-electron chi connectivity index (χ0n) is 18.3. The molecule has 1 unspecified atom stereocenters. The number of allylic oxidation sites excluding steroid dienone is 2. The molecular formula is C23H41NO5. The van der Waals surface area contributed by atoms with Crippen molar-refractivity contribution in [1.29, 1.82) is 0 Å². The van der Waals surface area contributed by atoms with Crippen molar-refractivity contribution in [2.45, 2.75) is 83.5 Å². The molecule has 1 aliphatic rings. The highest BCUT2D eigenvalue weighted by molar-refractivity contribution is 5.66. The van der Waals surface area contributed by atoms with E-state index in [1.165, 1.54) is 7.05 Å². The first-order valence-electron chi connectivity index (χ1n) is 11.1. The second kappa shape index (κ2) is 14.6. The summed E-state index contributed by atoms with van der Waals surface area (Å²) in [5, 5.41) is 33.4.